The van der Waals surface area contributed by atoms with E-state index in [0.717, 1.165) is 10.5 Å². The Morgan fingerprint density at radius 1 is 0.947 bits per heavy atom. The molecule has 19 heavy (non-hydrogen) atoms. The van der Waals surface area contributed by atoms with Crippen LogP contribution in [0.5, 0.6) is 0 Å². The zero-order valence-corrected chi connectivity index (χ0v) is 14.4. The summed E-state index contributed by atoms with van der Waals surface area (Å²) < 4.78 is 12.3. The Morgan fingerprint density at radius 2 is 1.53 bits per heavy atom. The van der Waals surface area contributed by atoms with Crippen molar-refractivity contribution in [1.82, 2.24) is 0 Å². The molecule has 0 N–H and O–H groups in total. The number of hydrogen-bond donors (Lipinski definition) is 0. The predicted octanol–water partition coefficient (Wildman–Crippen LogP) is 4.96. The molecule has 100 valence electrons. The number of halogens is 2. The minimum Gasteiger partial charge on any atom is -0.253 e. The molecule has 0 spiro atoms. The molecule has 0 amide bonds. The molecule has 3 atom stereocenters. The van der Waals surface area contributed by atoms with Gasteiger partial charge in [0.25, 0.3) is 0 Å². The normalized spacial score (nSPS) is 15.7. The van der Waals surface area contributed by atoms with Crippen LogP contribution in [0.1, 0.15) is 16.0 Å². The quantitative estimate of drug-likeness (QED) is 0.661. The summed E-state index contributed by atoms with van der Waals surface area (Å²) >= 11 is 7.18. The monoisotopic (exact) mass is 400 g/mol. The molecule has 0 aromatic heterocycles. The smallest absolute Gasteiger partial charge is 0.111 e. The molecule has 1 nitrogen and oxygen atoms in total. The average molecular weight is 402 g/mol. The van der Waals surface area contributed by atoms with E-state index in [9.17, 15) is 4.21 Å². The second-order valence-corrected chi connectivity index (χ2v) is 8.43. The first-order valence-electron chi connectivity index (χ1n) is 5.90. The van der Waals surface area contributed by atoms with Gasteiger partial charge in [-0.1, -0.05) is 79.9 Å². The summed E-state index contributed by atoms with van der Waals surface area (Å²) in [5.74, 6) is 0. The molecular weight excluding hydrogens is 388 g/mol. The molecule has 0 heterocycles. The van der Waals surface area contributed by atoms with Gasteiger partial charge in [0.05, 0.1) is 15.6 Å². The molecule has 4 heteroatoms. The highest BCUT2D eigenvalue weighted by atomic mass is 79.9. The lowest BCUT2D eigenvalue weighted by molar-refractivity contribution is 0.680. The number of hydrogen-bond acceptors (Lipinski definition) is 1. The van der Waals surface area contributed by atoms with Crippen LogP contribution < -0.4 is 0 Å². The second-order valence-electron chi connectivity index (χ2n) is 4.27. The van der Waals surface area contributed by atoms with Gasteiger partial charge >= 0.3 is 0 Å². The average Bonchev–Trinajstić information content (AvgIpc) is 2.46. The van der Waals surface area contributed by atoms with Crippen molar-refractivity contribution in [1.29, 1.82) is 0 Å². The van der Waals surface area contributed by atoms with Crippen molar-refractivity contribution in [3.05, 3.63) is 65.7 Å². The minimum atomic E-state index is -1.10. The third-order valence-corrected chi connectivity index (χ3v) is 7.89. The third-order valence-electron chi connectivity index (χ3n) is 2.81. The zero-order chi connectivity index (χ0) is 13.8. The summed E-state index contributed by atoms with van der Waals surface area (Å²) in [6, 6.07) is 17.8. The first-order chi connectivity index (χ1) is 9.09. The fourth-order valence-corrected chi connectivity index (χ4v) is 4.58. The van der Waals surface area contributed by atoms with E-state index < -0.39 is 10.8 Å². The van der Waals surface area contributed by atoms with Crippen LogP contribution in [0.2, 0.25) is 0 Å². The maximum absolute atomic E-state index is 12.5. The highest BCUT2D eigenvalue weighted by Crippen LogP contribution is 2.35. The van der Waals surface area contributed by atoms with E-state index >= 15 is 0 Å². The van der Waals surface area contributed by atoms with Crippen molar-refractivity contribution in [3.63, 3.8) is 0 Å². The Morgan fingerprint density at radius 3 is 2.11 bits per heavy atom. The first kappa shape index (κ1) is 14.9. The van der Waals surface area contributed by atoms with Gasteiger partial charge < -0.3 is 0 Å². The van der Waals surface area contributed by atoms with Gasteiger partial charge in [-0.05, 0) is 24.6 Å². The van der Waals surface area contributed by atoms with Crippen LogP contribution in [-0.2, 0) is 10.8 Å². The molecule has 0 saturated heterocycles. The fourth-order valence-electron chi connectivity index (χ4n) is 1.70. The van der Waals surface area contributed by atoms with Crippen LogP contribution in [-0.4, -0.2) is 8.37 Å². The van der Waals surface area contributed by atoms with Crippen molar-refractivity contribution < 1.29 is 4.21 Å². The van der Waals surface area contributed by atoms with E-state index in [2.05, 4.69) is 31.9 Å². The molecule has 2 aromatic rings. The SMILES string of the molecule is Cc1ccc([S@](=O)[C@@H](Br)[C@@H](Br)c2ccccc2)cc1. The van der Waals surface area contributed by atoms with Gasteiger partial charge in [0.2, 0.25) is 0 Å². The fraction of sp³-hybridized carbons (Fsp3) is 0.200. The molecule has 0 saturated carbocycles. The first-order valence-corrected chi connectivity index (χ1v) is 8.94. The van der Waals surface area contributed by atoms with Gasteiger partial charge in [0.1, 0.15) is 4.16 Å². The van der Waals surface area contributed by atoms with Crippen molar-refractivity contribution in [3.8, 4) is 0 Å². The summed E-state index contributed by atoms with van der Waals surface area (Å²) in [7, 11) is -1.10. The molecular formula is C15H14Br2OS. The zero-order valence-electron chi connectivity index (χ0n) is 10.4. The Balaban J connectivity index is 2.17. The Bertz CT molecular complexity index is 554. The third kappa shape index (κ3) is 3.77. The van der Waals surface area contributed by atoms with Gasteiger partial charge in [-0.3, -0.25) is 4.21 Å². The van der Waals surface area contributed by atoms with Crippen molar-refractivity contribution >= 4 is 42.7 Å². The van der Waals surface area contributed by atoms with Gasteiger partial charge in [-0.25, -0.2) is 0 Å². The largest absolute Gasteiger partial charge is 0.253 e. The number of aryl methyl sites for hydroxylation is 1. The molecule has 0 aliphatic heterocycles. The summed E-state index contributed by atoms with van der Waals surface area (Å²) in [5.41, 5.74) is 2.29. The van der Waals surface area contributed by atoms with Crippen LogP contribution in [0.3, 0.4) is 0 Å². The predicted molar refractivity (Wildman–Crippen MR) is 88.4 cm³/mol. The van der Waals surface area contributed by atoms with Gasteiger partial charge in [0.15, 0.2) is 0 Å². The lowest BCUT2D eigenvalue weighted by atomic mass is 10.2. The van der Waals surface area contributed by atoms with Crippen LogP contribution in [0.15, 0.2) is 59.5 Å². The van der Waals surface area contributed by atoms with Crippen LogP contribution >= 0.6 is 31.9 Å². The maximum Gasteiger partial charge on any atom is 0.111 e. The molecule has 0 aliphatic carbocycles. The summed E-state index contributed by atoms with van der Waals surface area (Å²) in [4.78, 5) is 0.851. The Labute approximate surface area is 133 Å². The van der Waals surface area contributed by atoms with Gasteiger partial charge in [-0.2, -0.15) is 0 Å². The lowest BCUT2D eigenvalue weighted by Gasteiger charge is -2.17. The Kier molecular flexibility index (Phi) is 5.37. The van der Waals surface area contributed by atoms with Crippen molar-refractivity contribution in [2.75, 3.05) is 0 Å². The Hall–Kier alpha value is -0.450. The molecule has 0 bridgehead atoms. The lowest BCUT2D eigenvalue weighted by Crippen LogP contribution is -2.13. The van der Waals surface area contributed by atoms with E-state index in [1.54, 1.807) is 0 Å². The van der Waals surface area contributed by atoms with E-state index in [-0.39, 0.29) is 8.99 Å². The molecule has 0 fully saturated rings. The standard InChI is InChI=1S/C15H14Br2OS/c1-11-7-9-13(10-8-11)19(18)15(17)14(16)12-5-3-2-4-6-12/h2-10,14-15H,1H3/t14-,15+,19-/m0/s1. The minimum absolute atomic E-state index is 0.0100. The molecule has 0 radical (unpaired) electrons. The second kappa shape index (κ2) is 6.82. The summed E-state index contributed by atoms with van der Waals surface area (Å²) in [5, 5.41) is 0. The molecule has 2 rings (SSSR count). The highest BCUT2D eigenvalue weighted by Gasteiger charge is 2.24. The molecule has 2 aromatic carbocycles. The molecule has 0 unspecified atom stereocenters. The van der Waals surface area contributed by atoms with E-state index in [1.807, 2.05) is 61.5 Å². The van der Waals surface area contributed by atoms with E-state index in [0.29, 0.717) is 0 Å². The highest BCUT2D eigenvalue weighted by molar-refractivity contribution is 9.13. The topological polar surface area (TPSA) is 17.1 Å². The number of alkyl halides is 2. The maximum atomic E-state index is 12.5. The van der Waals surface area contributed by atoms with Crippen molar-refractivity contribution in [2.24, 2.45) is 0 Å². The van der Waals surface area contributed by atoms with Crippen LogP contribution in [0.25, 0.3) is 0 Å². The van der Waals surface area contributed by atoms with E-state index in [4.69, 9.17) is 0 Å². The van der Waals surface area contributed by atoms with Crippen molar-refractivity contribution in [2.45, 2.75) is 20.8 Å². The number of rotatable bonds is 4. The van der Waals surface area contributed by atoms with E-state index in [1.165, 1.54) is 5.56 Å². The summed E-state index contributed by atoms with van der Waals surface area (Å²) in [6.07, 6.45) is 0. The van der Waals surface area contributed by atoms with Gasteiger partial charge in [0, 0.05) is 4.90 Å². The number of benzene rings is 2. The van der Waals surface area contributed by atoms with Gasteiger partial charge in [-0.15, -0.1) is 0 Å². The summed E-state index contributed by atoms with van der Waals surface area (Å²) in [6.45, 7) is 2.02. The van der Waals surface area contributed by atoms with Crippen LogP contribution in [0, 0.1) is 6.92 Å². The molecule has 0 aliphatic rings. The van der Waals surface area contributed by atoms with Crippen LogP contribution in [0.4, 0.5) is 0 Å².